The molecule has 1 unspecified atom stereocenters. The van der Waals surface area contributed by atoms with E-state index < -0.39 is 10.2 Å². The van der Waals surface area contributed by atoms with Crippen LogP contribution in [-0.2, 0) is 14.9 Å². The Morgan fingerprint density at radius 2 is 2.06 bits per heavy atom. The Morgan fingerprint density at radius 3 is 2.56 bits per heavy atom. The molecule has 0 radical (unpaired) electrons. The minimum atomic E-state index is -3.39. The van der Waals surface area contributed by atoms with Gasteiger partial charge in [-0.3, -0.25) is 0 Å². The molecule has 0 bridgehead atoms. The normalized spacial score (nSPS) is 20.9. The fraction of sp³-hybridized carbons (Fsp3) is 1.00. The molecule has 1 aliphatic heterocycles. The molecule has 6 nitrogen and oxygen atoms in total. The predicted octanol–water partition coefficient (Wildman–Crippen LogP) is -0.720. The highest BCUT2D eigenvalue weighted by atomic mass is 32.2. The van der Waals surface area contributed by atoms with Crippen molar-refractivity contribution >= 4 is 10.2 Å². The van der Waals surface area contributed by atoms with Crippen molar-refractivity contribution in [1.82, 2.24) is 9.03 Å². The van der Waals surface area contributed by atoms with E-state index in [-0.39, 0.29) is 6.04 Å². The third-order valence-electron chi connectivity index (χ3n) is 2.55. The van der Waals surface area contributed by atoms with Gasteiger partial charge in [0.15, 0.2) is 0 Å². The molecule has 0 spiro atoms. The molecule has 0 aromatic heterocycles. The number of hydrogen-bond acceptors (Lipinski definition) is 4. The fourth-order valence-electron chi connectivity index (χ4n) is 1.65. The summed E-state index contributed by atoms with van der Waals surface area (Å²) in [5.41, 5.74) is 5.53. The van der Waals surface area contributed by atoms with Crippen LogP contribution in [0, 0.1) is 0 Å². The third-order valence-corrected chi connectivity index (χ3v) is 4.22. The average Bonchev–Trinajstić information content (AvgIpc) is 2.29. The maximum absolute atomic E-state index is 11.9. The quantitative estimate of drug-likeness (QED) is 0.652. The molecule has 0 aliphatic carbocycles. The van der Waals surface area contributed by atoms with Gasteiger partial charge in [-0.25, -0.2) is 0 Å². The zero-order chi connectivity index (χ0) is 12.0. The largest absolute Gasteiger partial charge is 0.379 e. The minimum Gasteiger partial charge on any atom is -0.379 e. The van der Waals surface area contributed by atoms with Crippen molar-refractivity contribution in [2.45, 2.75) is 25.8 Å². The van der Waals surface area contributed by atoms with E-state index in [1.807, 2.05) is 6.92 Å². The first-order valence-electron chi connectivity index (χ1n) is 5.65. The van der Waals surface area contributed by atoms with Crippen molar-refractivity contribution in [2.75, 3.05) is 32.8 Å². The molecular weight excluding hydrogens is 230 g/mol. The van der Waals surface area contributed by atoms with Crippen LogP contribution >= 0.6 is 0 Å². The maximum atomic E-state index is 11.9. The number of nitrogens with zero attached hydrogens (tertiary/aromatic N) is 1. The van der Waals surface area contributed by atoms with Crippen LogP contribution < -0.4 is 10.5 Å². The van der Waals surface area contributed by atoms with Gasteiger partial charge in [-0.15, -0.1) is 0 Å². The Balaban J connectivity index is 2.54. The number of nitrogens with one attached hydrogen (secondary N) is 1. The average molecular weight is 251 g/mol. The van der Waals surface area contributed by atoms with Gasteiger partial charge in [0.25, 0.3) is 10.2 Å². The molecule has 0 aromatic rings. The Kier molecular flexibility index (Phi) is 5.63. The van der Waals surface area contributed by atoms with Gasteiger partial charge in [0, 0.05) is 25.7 Å². The van der Waals surface area contributed by atoms with Crippen molar-refractivity contribution in [3.63, 3.8) is 0 Å². The summed E-state index contributed by atoms with van der Waals surface area (Å²) in [6.07, 6.45) is 1.67. The Bertz CT molecular complexity index is 288. The van der Waals surface area contributed by atoms with Gasteiger partial charge in [0.2, 0.25) is 0 Å². The maximum Gasteiger partial charge on any atom is 0.279 e. The molecule has 96 valence electrons. The number of rotatable bonds is 6. The lowest BCUT2D eigenvalue weighted by Crippen LogP contribution is -2.51. The van der Waals surface area contributed by atoms with Crippen LogP contribution in [0.3, 0.4) is 0 Å². The number of ether oxygens (including phenoxy) is 1. The van der Waals surface area contributed by atoms with Crippen LogP contribution in [0.1, 0.15) is 19.8 Å². The highest BCUT2D eigenvalue weighted by Crippen LogP contribution is 2.05. The second-order valence-electron chi connectivity index (χ2n) is 3.86. The first kappa shape index (κ1) is 13.9. The standard InChI is InChI=1S/C9H21N3O3S/c1-2-3-9(8-10)11-16(13,14)12-4-6-15-7-5-12/h9,11H,2-8,10H2,1H3. The lowest BCUT2D eigenvalue weighted by molar-refractivity contribution is 0.0723. The zero-order valence-corrected chi connectivity index (χ0v) is 10.5. The van der Waals surface area contributed by atoms with Gasteiger partial charge in [0.05, 0.1) is 13.2 Å². The van der Waals surface area contributed by atoms with Crippen molar-refractivity contribution in [1.29, 1.82) is 0 Å². The second kappa shape index (κ2) is 6.51. The molecule has 1 aliphatic rings. The molecule has 1 saturated heterocycles. The molecule has 1 fully saturated rings. The summed E-state index contributed by atoms with van der Waals surface area (Å²) in [5.74, 6) is 0. The van der Waals surface area contributed by atoms with Gasteiger partial charge < -0.3 is 10.5 Å². The molecule has 16 heavy (non-hydrogen) atoms. The van der Waals surface area contributed by atoms with Crippen molar-refractivity contribution in [2.24, 2.45) is 5.73 Å². The van der Waals surface area contributed by atoms with Gasteiger partial charge in [-0.1, -0.05) is 13.3 Å². The van der Waals surface area contributed by atoms with E-state index in [0.29, 0.717) is 32.8 Å². The first-order chi connectivity index (χ1) is 7.60. The van der Waals surface area contributed by atoms with Crippen LogP contribution in [0.4, 0.5) is 0 Å². The number of nitrogens with two attached hydrogens (primary N) is 1. The van der Waals surface area contributed by atoms with Crippen LogP contribution in [0.15, 0.2) is 0 Å². The van der Waals surface area contributed by atoms with Gasteiger partial charge in [0.1, 0.15) is 0 Å². The second-order valence-corrected chi connectivity index (χ2v) is 5.56. The summed E-state index contributed by atoms with van der Waals surface area (Å²) >= 11 is 0. The number of morpholine rings is 1. The third kappa shape index (κ3) is 3.99. The molecule has 7 heteroatoms. The molecule has 1 rings (SSSR count). The van der Waals surface area contributed by atoms with Crippen molar-refractivity contribution in [3.05, 3.63) is 0 Å². The van der Waals surface area contributed by atoms with Gasteiger partial charge in [-0.05, 0) is 6.42 Å². The summed E-state index contributed by atoms with van der Waals surface area (Å²) < 4.78 is 33.0. The Labute approximate surface area is 97.3 Å². The topological polar surface area (TPSA) is 84.7 Å². The molecule has 3 N–H and O–H groups in total. The van der Waals surface area contributed by atoms with E-state index in [2.05, 4.69) is 4.72 Å². The summed E-state index contributed by atoms with van der Waals surface area (Å²) in [6.45, 7) is 4.09. The molecule has 0 amide bonds. The first-order valence-corrected chi connectivity index (χ1v) is 7.09. The molecule has 0 saturated carbocycles. The Morgan fingerprint density at radius 1 is 1.44 bits per heavy atom. The zero-order valence-electron chi connectivity index (χ0n) is 9.68. The van der Waals surface area contributed by atoms with Crippen LogP contribution in [-0.4, -0.2) is 51.6 Å². The van der Waals surface area contributed by atoms with E-state index >= 15 is 0 Å². The number of hydrogen-bond donors (Lipinski definition) is 2. The highest BCUT2D eigenvalue weighted by Gasteiger charge is 2.26. The molecule has 1 heterocycles. The highest BCUT2D eigenvalue weighted by molar-refractivity contribution is 7.87. The molecular formula is C9H21N3O3S. The van der Waals surface area contributed by atoms with Gasteiger partial charge >= 0.3 is 0 Å². The summed E-state index contributed by atoms with van der Waals surface area (Å²) in [7, 11) is -3.39. The van der Waals surface area contributed by atoms with Crippen LogP contribution in [0.5, 0.6) is 0 Å². The smallest absolute Gasteiger partial charge is 0.279 e. The fourth-order valence-corrected chi connectivity index (χ4v) is 3.06. The van der Waals surface area contributed by atoms with Crippen molar-refractivity contribution < 1.29 is 13.2 Å². The molecule has 0 aromatic carbocycles. The van der Waals surface area contributed by atoms with E-state index in [9.17, 15) is 8.42 Å². The SMILES string of the molecule is CCCC(CN)NS(=O)(=O)N1CCOCC1. The van der Waals surface area contributed by atoms with Crippen molar-refractivity contribution in [3.8, 4) is 0 Å². The lowest BCUT2D eigenvalue weighted by Gasteiger charge is -2.28. The minimum absolute atomic E-state index is 0.169. The summed E-state index contributed by atoms with van der Waals surface area (Å²) in [4.78, 5) is 0. The van der Waals surface area contributed by atoms with E-state index in [1.165, 1.54) is 4.31 Å². The van der Waals surface area contributed by atoms with E-state index in [4.69, 9.17) is 10.5 Å². The monoisotopic (exact) mass is 251 g/mol. The van der Waals surface area contributed by atoms with E-state index in [1.54, 1.807) is 0 Å². The van der Waals surface area contributed by atoms with E-state index in [0.717, 1.165) is 12.8 Å². The van der Waals surface area contributed by atoms with Crippen LogP contribution in [0.25, 0.3) is 0 Å². The Hall–Kier alpha value is -0.210. The predicted molar refractivity (Wildman–Crippen MR) is 62.2 cm³/mol. The van der Waals surface area contributed by atoms with Crippen LogP contribution in [0.2, 0.25) is 0 Å². The van der Waals surface area contributed by atoms with Gasteiger partial charge in [-0.2, -0.15) is 17.4 Å². The molecule has 1 atom stereocenters. The lowest BCUT2D eigenvalue weighted by atomic mass is 10.2. The summed E-state index contributed by atoms with van der Waals surface area (Å²) in [6, 6.07) is -0.169. The summed E-state index contributed by atoms with van der Waals surface area (Å²) in [5, 5.41) is 0.